The number of ether oxygens (including phenoxy) is 2. The molecule has 0 amide bonds. The summed E-state index contributed by atoms with van der Waals surface area (Å²) in [6.45, 7) is 0.595. The highest BCUT2D eigenvalue weighted by Crippen LogP contribution is 2.40. The van der Waals surface area contributed by atoms with Gasteiger partial charge in [-0.15, -0.1) is 0 Å². The Morgan fingerprint density at radius 1 is 1.62 bits per heavy atom. The highest BCUT2D eigenvalue weighted by Gasteiger charge is 2.25. The van der Waals surface area contributed by atoms with Crippen molar-refractivity contribution >= 4 is 5.97 Å². The van der Waals surface area contributed by atoms with Gasteiger partial charge in [-0.05, 0) is 0 Å². The van der Waals surface area contributed by atoms with E-state index in [1.54, 1.807) is 6.07 Å². The monoisotopic (exact) mass is 223 g/mol. The highest BCUT2D eigenvalue weighted by atomic mass is 16.5. The zero-order valence-corrected chi connectivity index (χ0v) is 8.90. The lowest BCUT2D eigenvalue weighted by Gasteiger charge is -2.14. The van der Waals surface area contributed by atoms with Crippen molar-refractivity contribution in [3.63, 3.8) is 0 Å². The van der Waals surface area contributed by atoms with Crippen LogP contribution in [0.25, 0.3) is 0 Å². The Kier molecular flexibility index (Phi) is 2.70. The number of nitrogens with two attached hydrogens (primary N) is 1. The molecular weight excluding hydrogens is 210 g/mol. The van der Waals surface area contributed by atoms with Gasteiger partial charge in [0, 0.05) is 17.5 Å². The third-order valence-corrected chi connectivity index (χ3v) is 2.65. The molecule has 1 aliphatic heterocycles. The number of benzene rings is 1. The van der Waals surface area contributed by atoms with Crippen LogP contribution < -0.4 is 15.2 Å². The Morgan fingerprint density at radius 3 is 3.00 bits per heavy atom. The second-order valence-electron chi connectivity index (χ2n) is 3.59. The number of methoxy groups -OCH3 is 1. The van der Waals surface area contributed by atoms with Gasteiger partial charge in [-0.25, -0.2) is 0 Å². The lowest BCUT2D eigenvalue weighted by molar-refractivity contribution is -0.138. The van der Waals surface area contributed by atoms with Crippen LogP contribution in [0.15, 0.2) is 12.1 Å². The highest BCUT2D eigenvalue weighted by molar-refractivity contribution is 5.77. The molecule has 2 rings (SSSR count). The second kappa shape index (κ2) is 4.02. The van der Waals surface area contributed by atoms with Crippen LogP contribution >= 0.6 is 0 Å². The quantitative estimate of drug-likeness (QED) is 0.788. The summed E-state index contributed by atoms with van der Waals surface area (Å²) < 4.78 is 10.6. The van der Waals surface area contributed by atoms with E-state index in [1.165, 1.54) is 7.11 Å². The van der Waals surface area contributed by atoms with Crippen molar-refractivity contribution in [2.45, 2.75) is 12.5 Å². The minimum Gasteiger partial charge on any atom is -0.492 e. The van der Waals surface area contributed by atoms with Crippen LogP contribution in [0.3, 0.4) is 0 Å². The first-order valence-corrected chi connectivity index (χ1v) is 4.96. The van der Waals surface area contributed by atoms with Crippen LogP contribution in [0.2, 0.25) is 0 Å². The van der Waals surface area contributed by atoms with Gasteiger partial charge in [0.1, 0.15) is 6.04 Å². The van der Waals surface area contributed by atoms with Crippen LogP contribution in [0, 0.1) is 0 Å². The smallest absolute Gasteiger partial charge is 0.325 e. The summed E-state index contributed by atoms with van der Waals surface area (Å²) >= 11 is 0. The van der Waals surface area contributed by atoms with Crippen molar-refractivity contribution in [2.24, 2.45) is 5.73 Å². The van der Waals surface area contributed by atoms with Crippen molar-refractivity contribution in [3.05, 3.63) is 23.3 Å². The summed E-state index contributed by atoms with van der Waals surface area (Å²) in [7, 11) is 1.48. The molecule has 5 heteroatoms. The van der Waals surface area contributed by atoms with E-state index < -0.39 is 12.0 Å². The molecule has 0 saturated heterocycles. The average Bonchev–Trinajstić information content (AvgIpc) is 2.74. The summed E-state index contributed by atoms with van der Waals surface area (Å²) in [6, 6.07) is 2.43. The number of hydrogen-bond acceptors (Lipinski definition) is 4. The molecule has 1 atom stereocenters. The van der Waals surface area contributed by atoms with Gasteiger partial charge in [0.05, 0.1) is 13.7 Å². The average molecular weight is 223 g/mol. The van der Waals surface area contributed by atoms with E-state index in [0.29, 0.717) is 23.7 Å². The van der Waals surface area contributed by atoms with Gasteiger partial charge >= 0.3 is 5.97 Å². The van der Waals surface area contributed by atoms with Crippen LogP contribution in [0.5, 0.6) is 11.5 Å². The normalized spacial score (nSPS) is 15.1. The summed E-state index contributed by atoms with van der Waals surface area (Å²) in [5.41, 5.74) is 7.04. The van der Waals surface area contributed by atoms with Gasteiger partial charge in [0.2, 0.25) is 0 Å². The molecule has 0 spiro atoms. The van der Waals surface area contributed by atoms with Crippen molar-refractivity contribution in [2.75, 3.05) is 13.7 Å². The van der Waals surface area contributed by atoms with E-state index in [4.69, 9.17) is 20.3 Å². The number of rotatable bonds is 3. The molecule has 5 nitrogen and oxygen atoms in total. The third kappa shape index (κ3) is 1.59. The van der Waals surface area contributed by atoms with E-state index in [-0.39, 0.29) is 0 Å². The molecule has 0 aliphatic carbocycles. The Bertz CT molecular complexity index is 430. The van der Waals surface area contributed by atoms with Crippen LogP contribution in [-0.2, 0) is 11.2 Å². The van der Waals surface area contributed by atoms with E-state index in [2.05, 4.69) is 0 Å². The number of aliphatic carboxylic acids is 1. The molecule has 0 aromatic heterocycles. The van der Waals surface area contributed by atoms with Crippen LogP contribution in [-0.4, -0.2) is 24.8 Å². The molecule has 3 N–H and O–H groups in total. The molecule has 0 radical (unpaired) electrons. The Hall–Kier alpha value is -1.75. The van der Waals surface area contributed by atoms with E-state index in [1.807, 2.05) is 6.07 Å². The number of carboxylic acids is 1. The molecule has 1 unspecified atom stereocenters. The largest absolute Gasteiger partial charge is 0.492 e. The molecule has 1 aromatic rings. The van der Waals surface area contributed by atoms with Gasteiger partial charge < -0.3 is 20.3 Å². The third-order valence-electron chi connectivity index (χ3n) is 2.65. The maximum atomic E-state index is 10.8. The zero-order valence-electron chi connectivity index (χ0n) is 8.90. The second-order valence-corrected chi connectivity index (χ2v) is 3.59. The molecule has 1 aromatic carbocycles. The minimum absolute atomic E-state index is 0.435. The lowest BCUT2D eigenvalue weighted by Crippen LogP contribution is -2.21. The number of fused-ring (bicyclic) bond motifs is 1. The SMILES string of the molecule is COc1c(C(N)C(=O)O)ccc2c1OCC2. The molecule has 0 saturated carbocycles. The van der Waals surface area contributed by atoms with E-state index in [0.717, 1.165) is 12.0 Å². The molecule has 16 heavy (non-hydrogen) atoms. The van der Waals surface area contributed by atoms with Gasteiger partial charge in [0.15, 0.2) is 11.5 Å². The maximum Gasteiger partial charge on any atom is 0.325 e. The van der Waals surface area contributed by atoms with Crippen molar-refractivity contribution in [3.8, 4) is 11.5 Å². The fourth-order valence-electron chi connectivity index (χ4n) is 1.83. The van der Waals surface area contributed by atoms with Crippen LogP contribution in [0.1, 0.15) is 17.2 Å². The van der Waals surface area contributed by atoms with Crippen molar-refractivity contribution < 1.29 is 19.4 Å². The summed E-state index contributed by atoms with van der Waals surface area (Å²) in [4.78, 5) is 10.8. The molecule has 1 heterocycles. The number of hydrogen-bond donors (Lipinski definition) is 2. The first kappa shape index (κ1) is 10.8. The van der Waals surface area contributed by atoms with Gasteiger partial charge in [0.25, 0.3) is 0 Å². The number of carboxylic acid groups (broad SMARTS) is 1. The predicted molar refractivity (Wildman–Crippen MR) is 56.8 cm³/mol. The summed E-state index contributed by atoms with van der Waals surface area (Å²) in [6.07, 6.45) is 0.814. The molecular formula is C11H13NO4. The van der Waals surface area contributed by atoms with Crippen LogP contribution in [0.4, 0.5) is 0 Å². The maximum absolute atomic E-state index is 10.8. The van der Waals surface area contributed by atoms with E-state index >= 15 is 0 Å². The lowest BCUT2D eigenvalue weighted by atomic mass is 10.0. The predicted octanol–water partition coefficient (Wildman–Crippen LogP) is 0.714. The molecule has 0 fully saturated rings. The summed E-state index contributed by atoms with van der Waals surface area (Å²) in [5, 5.41) is 8.88. The van der Waals surface area contributed by atoms with Crippen molar-refractivity contribution in [1.29, 1.82) is 0 Å². The molecule has 86 valence electrons. The van der Waals surface area contributed by atoms with Gasteiger partial charge in [-0.1, -0.05) is 12.1 Å². The Balaban J connectivity index is 2.50. The minimum atomic E-state index is -1.09. The molecule has 1 aliphatic rings. The fourth-order valence-corrected chi connectivity index (χ4v) is 1.83. The first-order valence-electron chi connectivity index (χ1n) is 4.96. The topological polar surface area (TPSA) is 81.8 Å². The summed E-state index contributed by atoms with van der Waals surface area (Å²) in [5.74, 6) is -0.0298. The standard InChI is InChI=1S/C11H13NO4/c1-15-10-7(8(12)11(13)14)3-2-6-4-5-16-9(6)10/h2-3,8H,4-5,12H2,1H3,(H,13,14). The first-order chi connectivity index (χ1) is 7.65. The Labute approximate surface area is 92.8 Å². The molecule has 0 bridgehead atoms. The fraction of sp³-hybridized carbons (Fsp3) is 0.364. The van der Waals surface area contributed by atoms with E-state index in [9.17, 15) is 4.79 Å². The van der Waals surface area contributed by atoms with Crippen molar-refractivity contribution in [1.82, 2.24) is 0 Å². The van der Waals surface area contributed by atoms with Gasteiger partial charge in [-0.3, -0.25) is 4.79 Å². The number of carbonyl (C=O) groups is 1. The Morgan fingerprint density at radius 2 is 2.38 bits per heavy atom. The van der Waals surface area contributed by atoms with Gasteiger partial charge in [-0.2, -0.15) is 0 Å². The zero-order chi connectivity index (χ0) is 11.7.